The van der Waals surface area contributed by atoms with Crippen molar-refractivity contribution in [3.8, 4) is 0 Å². The van der Waals surface area contributed by atoms with E-state index in [4.69, 9.17) is 11.6 Å². The van der Waals surface area contributed by atoms with Crippen LogP contribution in [0.3, 0.4) is 0 Å². The molecular weight excluding hydrogens is 398 g/mol. The molecule has 3 amide bonds. The second kappa shape index (κ2) is 8.51. The predicted molar refractivity (Wildman–Crippen MR) is 108 cm³/mol. The van der Waals surface area contributed by atoms with Crippen LogP contribution in [0.1, 0.15) is 37.0 Å². The number of thiophene rings is 1. The zero-order chi connectivity index (χ0) is 19.7. The van der Waals surface area contributed by atoms with Crippen LogP contribution in [0.5, 0.6) is 0 Å². The van der Waals surface area contributed by atoms with Crippen LogP contribution in [-0.2, 0) is 20.9 Å². The highest BCUT2D eigenvalue weighted by Gasteiger charge is 2.47. The summed E-state index contributed by atoms with van der Waals surface area (Å²) in [5, 5.41) is 0. The van der Waals surface area contributed by atoms with E-state index >= 15 is 0 Å². The Morgan fingerprint density at radius 1 is 1.04 bits per heavy atom. The van der Waals surface area contributed by atoms with Crippen LogP contribution in [-0.4, -0.2) is 65.1 Å². The van der Waals surface area contributed by atoms with E-state index in [0.717, 1.165) is 49.7 Å². The van der Waals surface area contributed by atoms with Gasteiger partial charge in [-0.1, -0.05) is 24.4 Å². The van der Waals surface area contributed by atoms with E-state index in [2.05, 4.69) is 4.90 Å². The van der Waals surface area contributed by atoms with Gasteiger partial charge in [0.25, 0.3) is 0 Å². The summed E-state index contributed by atoms with van der Waals surface area (Å²) in [6.07, 6.45) is 3.91. The fourth-order valence-electron chi connectivity index (χ4n) is 4.63. The van der Waals surface area contributed by atoms with Crippen molar-refractivity contribution in [2.24, 2.45) is 11.8 Å². The maximum Gasteiger partial charge on any atom is 0.233 e. The summed E-state index contributed by atoms with van der Waals surface area (Å²) in [7, 11) is 0. The van der Waals surface area contributed by atoms with Crippen molar-refractivity contribution >= 4 is 40.7 Å². The van der Waals surface area contributed by atoms with E-state index in [-0.39, 0.29) is 42.5 Å². The molecule has 6 nitrogen and oxygen atoms in total. The van der Waals surface area contributed by atoms with Gasteiger partial charge >= 0.3 is 0 Å². The Morgan fingerprint density at radius 3 is 2.25 bits per heavy atom. The number of imide groups is 1. The van der Waals surface area contributed by atoms with Crippen molar-refractivity contribution < 1.29 is 14.4 Å². The molecule has 1 aromatic rings. The number of hydrogen-bond donors (Lipinski definition) is 0. The molecule has 28 heavy (non-hydrogen) atoms. The first-order chi connectivity index (χ1) is 13.5. The summed E-state index contributed by atoms with van der Waals surface area (Å²) < 4.78 is 0.801. The van der Waals surface area contributed by atoms with Crippen LogP contribution in [0.15, 0.2) is 12.1 Å². The Hall–Kier alpha value is -1.44. The average Bonchev–Trinajstić information content (AvgIpc) is 3.22. The molecule has 0 unspecified atom stereocenters. The molecule has 2 saturated heterocycles. The number of carbonyl (C=O) groups excluding carboxylic acids is 3. The molecule has 2 atom stereocenters. The van der Waals surface area contributed by atoms with Gasteiger partial charge in [0.15, 0.2) is 0 Å². The average molecular weight is 424 g/mol. The molecule has 0 spiro atoms. The Kier molecular flexibility index (Phi) is 6.04. The highest BCUT2D eigenvalue weighted by atomic mass is 35.5. The van der Waals surface area contributed by atoms with Gasteiger partial charge in [-0.3, -0.25) is 24.2 Å². The number of hydrogen-bond acceptors (Lipinski definition) is 5. The predicted octanol–water partition coefficient (Wildman–Crippen LogP) is 2.61. The monoisotopic (exact) mass is 423 g/mol. The van der Waals surface area contributed by atoms with E-state index in [1.807, 2.05) is 17.0 Å². The highest BCUT2D eigenvalue weighted by Crippen LogP contribution is 2.38. The molecule has 0 bridgehead atoms. The van der Waals surface area contributed by atoms with Crippen LogP contribution in [0.2, 0.25) is 4.34 Å². The minimum atomic E-state index is -0.134. The minimum absolute atomic E-state index is 0.0364. The first-order valence-corrected chi connectivity index (χ1v) is 11.3. The molecule has 1 aromatic heterocycles. The fourth-order valence-corrected chi connectivity index (χ4v) is 5.76. The van der Waals surface area contributed by atoms with Gasteiger partial charge in [-0.2, -0.15) is 0 Å². The lowest BCUT2D eigenvalue weighted by atomic mass is 9.81. The van der Waals surface area contributed by atoms with Gasteiger partial charge in [-0.15, -0.1) is 11.3 Å². The number of nitrogens with zero attached hydrogens (tertiary/aromatic N) is 3. The largest absolute Gasteiger partial charge is 0.340 e. The Labute approximate surface area is 174 Å². The molecule has 3 fully saturated rings. The maximum absolute atomic E-state index is 12.6. The van der Waals surface area contributed by atoms with Crippen molar-refractivity contribution in [1.82, 2.24) is 14.7 Å². The second-order valence-corrected chi connectivity index (χ2v) is 9.74. The van der Waals surface area contributed by atoms with Gasteiger partial charge in [-0.25, -0.2) is 0 Å². The molecule has 0 N–H and O–H groups in total. The molecule has 2 aliphatic heterocycles. The zero-order valence-corrected chi connectivity index (χ0v) is 17.5. The number of carbonyl (C=O) groups is 3. The summed E-state index contributed by atoms with van der Waals surface area (Å²) >= 11 is 7.58. The van der Waals surface area contributed by atoms with Gasteiger partial charge in [0.2, 0.25) is 17.7 Å². The molecule has 0 radical (unpaired) electrons. The number of fused-ring (bicyclic) bond motifs is 1. The molecular formula is C20H26ClN3O3S. The van der Waals surface area contributed by atoms with Gasteiger partial charge in [0.1, 0.15) is 0 Å². The zero-order valence-electron chi connectivity index (χ0n) is 15.9. The number of likely N-dealkylation sites (tertiary alicyclic amines) is 1. The third-order valence-corrected chi connectivity index (χ3v) is 7.43. The second-order valence-electron chi connectivity index (χ2n) is 7.94. The molecule has 8 heteroatoms. The highest BCUT2D eigenvalue weighted by molar-refractivity contribution is 7.16. The number of halogens is 1. The summed E-state index contributed by atoms with van der Waals surface area (Å²) in [5.41, 5.74) is 0. The van der Waals surface area contributed by atoms with Crippen LogP contribution in [0.25, 0.3) is 0 Å². The smallest absolute Gasteiger partial charge is 0.233 e. The van der Waals surface area contributed by atoms with Crippen LogP contribution >= 0.6 is 22.9 Å². The van der Waals surface area contributed by atoms with Crippen LogP contribution in [0, 0.1) is 11.8 Å². The van der Waals surface area contributed by atoms with Crippen molar-refractivity contribution in [2.45, 2.75) is 38.6 Å². The summed E-state index contributed by atoms with van der Waals surface area (Å²) in [5.74, 6) is -0.338. The van der Waals surface area contributed by atoms with E-state index in [1.165, 1.54) is 9.78 Å². The third kappa shape index (κ3) is 4.11. The first-order valence-electron chi connectivity index (χ1n) is 10.1. The Bertz CT molecular complexity index is 736. The lowest BCUT2D eigenvalue weighted by Crippen LogP contribution is -2.49. The van der Waals surface area contributed by atoms with Crippen molar-refractivity contribution in [2.75, 3.05) is 32.7 Å². The van der Waals surface area contributed by atoms with Gasteiger partial charge in [0, 0.05) is 50.6 Å². The van der Waals surface area contributed by atoms with Gasteiger partial charge < -0.3 is 4.90 Å². The van der Waals surface area contributed by atoms with E-state index in [1.54, 1.807) is 11.3 Å². The molecule has 3 heterocycles. The standard InChI is InChI=1S/C20H26ClN3O3S/c21-17-6-5-14(28-17)13-22-9-11-23(12-10-22)18(25)7-8-24-19(26)15-3-1-2-4-16(15)20(24)27/h5-6,15-16H,1-4,7-13H2/t15-,16+. The Balaban J connectivity index is 1.24. The van der Waals surface area contributed by atoms with Crippen molar-refractivity contribution in [3.05, 3.63) is 21.3 Å². The lowest BCUT2D eigenvalue weighted by Gasteiger charge is -2.34. The molecule has 1 saturated carbocycles. The quantitative estimate of drug-likeness (QED) is 0.683. The van der Waals surface area contributed by atoms with Crippen LogP contribution in [0.4, 0.5) is 0 Å². The molecule has 4 rings (SSSR count). The third-order valence-electron chi connectivity index (χ3n) is 6.21. The fraction of sp³-hybridized carbons (Fsp3) is 0.650. The van der Waals surface area contributed by atoms with E-state index in [0.29, 0.717) is 13.1 Å². The first kappa shape index (κ1) is 19.9. The number of amides is 3. The minimum Gasteiger partial charge on any atom is -0.340 e. The summed E-state index contributed by atoms with van der Waals surface area (Å²) in [6.45, 7) is 4.12. The van der Waals surface area contributed by atoms with E-state index < -0.39 is 0 Å². The molecule has 0 aromatic carbocycles. The normalized spacial score (nSPS) is 26.0. The topological polar surface area (TPSA) is 60.9 Å². The number of piperazine rings is 1. The van der Waals surface area contributed by atoms with E-state index in [9.17, 15) is 14.4 Å². The Morgan fingerprint density at radius 2 is 1.68 bits per heavy atom. The van der Waals surface area contributed by atoms with Gasteiger partial charge in [-0.05, 0) is 25.0 Å². The molecule has 3 aliphatic rings. The summed E-state index contributed by atoms with van der Waals surface area (Å²) in [4.78, 5) is 44.4. The van der Waals surface area contributed by atoms with Crippen molar-refractivity contribution in [1.29, 1.82) is 0 Å². The van der Waals surface area contributed by atoms with Crippen molar-refractivity contribution in [3.63, 3.8) is 0 Å². The van der Waals surface area contributed by atoms with Crippen LogP contribution < -0.4 is 0 Å². The number of rotatable bonds is 5. The van der Waals surface area contributed by atoms with Gasteiger partial charge in [0.05, 0.1) is 16.2 Å². The lowest BCUT2D eigenvalue weighted by molar-refractivity contribution is -0.141. The molecule has 152 valence electrons. The molecule has 1 aliphatic carbocycles. The maximum atomic E-state index is 12.6. The SMILES string of the molecule is O=C(CCN1C(=O)[C@H]2CCCC[C@H]2C1=O)N1CCN(Cc2ccc(Cl)s2)CC1. The summed E-state index contributed by atoms with van der Waals surface area (Å²) in [6, 6.07) is 3.96.